The largest absolute Gasteiger partial charge is 0.465 e. The number of nitrogens with one attached hydrogen (secondary N) is 5. The van der Waals surface area contributed by atoms with E-state index in [0.29, 0.717) is 17.8 Å². The number of carboxylic acid groups (broad SMARTS) is 1. The van der Waals surface area contributed by atoms with Crippen LogP contribution >= 0.6 is 0 Å². The van der Waals surface area contributed by atoms with Crippen LogP contribution in [0.15, 0.2) is 18.2 Å². The predicted molar refractivity (Wildman–Crippen MR) is 111 cm³/mol. The molecule has 1 aliphatic heterocycles. The van der Waals surface area contributed by atoms with Gasteiger partial charge in [-0.2, -0.15) is 5.21 Å². The number of carbonyl (C=O) groups excluding carboxylic acids is 3. The molecule has 0 fully saturated rings. The Labute approximate surface area is 182 Å². The number of benzene rings is 1. The van der Waals surface area contributed by atoms with Crippen molar-refractivity contribution in [2.75, 3.05) is 11.9 Å². The maximum Gasteiger partial charge on any atom is 0.404 e. The smallest absolute Gasteiger partial charge is 0.404 e. The van der Waals surface area contributed by atoms with E-state index >= 15 is 0 Å². The highest BCUT2D eigenvalue weighted by Crippen LogP contribution is 2.27. The van der Waals surface area contributed by atoms with Gasteiger partial charge in [-0.25, -0.2) is 4.79 Å². The number of fused-ring (bicyclic) bond motifs is 1. The van der Waals surface area contributed by atoms with Crippen LogP contribution in [0.1, 0.15) is 35.6 Å². The Hall–Kier alpha value is -4.03. The van der Waals surface area contributed by atoms with Crippen molar-refractivity contribution in [1.29, 1.82) is 0 Å². The number of ketones is 1. The van der Waals surface area contributed by atoms with Gasteiger partial charge in [0, 0.05) is 23.7 Å². The highest BCUT2D eigenvalue weighted by molar-refractivity contribution is 6.00. The van der Waals surface area contributed by atoms with Gasteiger partial charge in [-0.05, 0) is 30.7 Å². The Morgan fingerprint density at radius 2 is 2.00 bits per heavy atom. The van der Waals surface area contributed by atoms with Crippen molar-refractivity contribution < 1.29 is 24.3 Å². The molecule has 1 aliphatic rings. The highest BCUT2D eigenvalue weighted by atomic mass is 16.4. The minimum Gasteiger partial charge on any atom is -0.465 e. The zero-order valence-electron chi connectivity index (χ0n) is 17.5. The molecular formula is C19H24N8O5. The lowest BCUT2D eigenvalue weighted by atomic mass is 10.0. The molecule has 6 N–H and O–H groups in total. The number of rotatable bonds is 9. The monoisotopic (exact) mass is 444 g/mol. The number of Topliss-reactive ketones (excluding diaryl/α,β-unsaturated/α-hetero) is 1. The van der Waals surface area contributed by atoms with Crippen LogP contribution in [-0.4, -0.2) is 68.0 Å². The Balaban J connectivity index is 1.51. The number of anilines is 1. The van der Waals surface area contributed by atoms with E-state index in [0.717, 1.165) is 11.3 Å². The Bertz CT molecular complexity index is 1010. The van der Waals surface area contributed by atoms with Gasteiger partial charge in [0.05, 0.1) is 19.0 Å². The van der Waals surface area contributed by atoms with Crippen LogP contribution in [0.4, 0.5) is 10.5 Å². The first-order valence-corrected chi connectivity index (χ1v) is 9.94. The fraction of sp³-hybridized carbons (Fsp3) is 0.421. The molecule has 2 unspecified atom stereocenters. The molecule has 0 spiro atoms. The van der Waals surface area contributed by atoms with Gasteiger partial charge in [-0.15, -0.1) is 10.2 Å². The summed E-state index contributed by atoms with van der Waals surface area (Å²) in [7, 11) is 0. The van der Waals surface area contributed by atoms with Crippen LogP contribution in [0.25, 0.3) is 0 Å². The minimum absolute atomic E-state index is 0.145. The van der Waals surface area contributed by atoms with Gasteiger partial charge in [0.15, 0.2) is 11.6 Å². The van der Waals surface area contributed by atoms with E-state index in [4.69, 9.17) is 5.11 Å². The van der Waals surface area contributed by atoms with Crippen molar-refractivity contribution in [2.45, 2.75) is 38.9 Å². The second-order valence-electron chi connectivity index (χ2n) is 7.49. The van der Waals surface area contributed by atoms with Crippen LogP contribution in [0, 0.1) is 5.92 Å². The number of carbonyl (C=O) groups is 4. The van der Waals surface area contributed by atoms with Gasteiger partial charge in [-0.3, -0.25) is 14.4 Å². The van der Waals surface area contributed by atoms with Crippen molar-refractivity contribution in [1.82, 2.24) is 36.6 Å². The number of H-pyrrole nitrogens is 1. The van der Waals surface area contributed by atoms with Gasteiger partial charge in [0.2, 0.25) is 11.8 Å². The summed E-state index contributed by atoms with van der Waals surface area (Å²) in [4.78, 5) is 47.8. The first-order chi connectivity index (χ1) is 15.2. The predicted octanol–water partition coefficient (Wildman–Crippen LogP) is -0.556. The Kier molecular flexibility index (Phi) is 6.97. The third kappa shape index (κ3) is 5.56. The van der Waals surface area contributed by atoms with E-state index in [1.54, 1.807) is 32.0 Å². The molecule has 0 bridgehead atoms. The molecule has 3 atom stereocenters. The minimum atomic E-state index is -1.22. The molecule has 170 valence electrons. The normalized spacial score (nSPS) is 16.2. The molecule has 3 rings (SSSR count). The lowest BCUT2D eigenvalue weighted by Crippen LogP contribution is -2.44. The fourth-order valence-corrected chi connectivity index (χ4v) is 3.22. The Morgan fingerprint density at radius 1 is 1.22 bits per heavy atom. The number of amides is 3. The molecule has 3 amide bonds. The van der Waals surface area contributed by atoms with Crippen LogP contribution in [0.3, 0.4) is 0 Å². The van der Waals surface area contributed by atoms with E-state index in [2.05, 4.69) is 41.9 Å². The van der Waals surface area contributed by atoms with Crippen molar-refractivity contribution in [3.8, 4) is 0 Å². The van der Waals surface area contributed by atoms with Crippen molar-refractivity contribution in [3.05, 3.63) is 35.2 Å². The number of tetrazole rings is 1. The molecule has 13 nitrogen and oxygen atoms in total. The third-order valence-corrected chi connectivity index (χ3v) is 5.25. The molecule has 1 aromatic carbocycles. The first-order valence-electron chi connectivity index (χ1n) is 9.94. The number of hydrogen-bond acceptors (Lipinski definition) is 8. The third-order valence-electron chi connectivity index (χ3n) is 5.25. The van der Waals surface area contributed by atoms with E-state index in [9.17, 15) is 19.2 Å². The molecule has 0 saturated carbocycles. The van der Waals surface area contributed by atoms with Crippen molar-refractivity contribution in [3.63, 3.8) is 0 Å². The standard InChI is InChI=1S/C19H24N8O5/c1-9(10(2)22-19(31)32)17(29)20-7-15(28)11-3-4-13-12(5-11)6-14(23-13)18(30)21-8-16-24-26-27-25-16/h3-5,9-10,14,22-23H,6-8H2,1-2H3,(H,20,29)(H,21,30)(H,31,32)(H,24,25,26,27)/t9-,10?,14?/m0/s1. The summed E-state index contributed by atoms with van der Waals surface area (Å²) in [5.41, 5.74) is 1.98. The maximum absolute atomic E-state index is 12.5. The summed E-state index contributed by atoms with van der Waals surface area (Å²) in [6.45, 7) is 3.07. The lowest BCUT2D eigenvalue weighted by molar-refractivity contribution is -0.125. The zero-order valence-corrected chi connectivity index (χ0v) is 17.5. The van der Waals surface area contributed by atoms with E-state index in [1.165, 1.54) is 0 Å². The SMILES string of the molecule is CC(NC(=O)O)[C@H](C)C(=O)NCC(=O)c1ccc2c(c1)CC(C(=O)NCc1nn[nH]n1)N2. The molecular weight excluding hydrogens is 420 g/mol. The van der Waals surface area contributed by atoms with Crippen LogP contribution in [0.5, 0.6) is 0 Å². The molecule has 32 heavy (non-hydrogen) atoms. The molecule has 0 aliphatic carbocycles. The fourth-order valence-electron chi connectivity index (χ4n) is 3.22. The molecule has 2 aromatic rings. The van der Waals surface area contributed by atoms with Crippen LogP contribution < -0.4 is 21.3 Å². The highest BCUT2D eigenvalue weighted by Gasteiger charge is 2.28. The maximum atomic E-state index is 12.5. The van der Waals surface area contributed by atoms with Crippen molar-refractivity contribution >= 4 is 29.4 Å². The molecule has 0 radical (unpaired) electrons. The van der Waals surface area contributed by atoms with Gasteiger partial charge in [0.1, 0.15) is 6.04 Å². The molecule has 2 heterocycles. The van der Waals surface area contributed by atoms with Gasteiger partial charge >= 0.3 is 6.09 Å². The molecule has 13 heteroatoms. The number of aromatic nitrogens is 4. The molecule has 0 saturated heterocycles. The average molecular weight is 444 g/mol. The molecule has 1 aromatic heterocycles. The Morgan fingerprint density at radius 3 is 2.69 bits per heavy atom. The second kappa shape index (κ2) is 9.85. The summed E-state index contributed by atoms with van der Waals surface area (Å²) in [5.74, 6) is -1.23. The summed E-state index contributed by atoms with van der Waals surface area (Å²) < 4.78 is 0. The van der Waals surface area contributed by atoms with E-state index in [-0.39, 0.29) is 24.8 Å². The van der Waals surface area contributed by atoms with E-state index < -0.39 is 30.0 Å². The lowest BCUT2D eigenvalue weighted by Gasteiger charge is -2.19. The number of nitrogens with zero attached hydrogens (tertiary/aromatic N) is 3. The second-order valence-corrected chi connectivity index (χ2v) is 7.49. The van der Waals surface area contributed by atoms with Crippen molar-refractivity contribution in [2.24, 2.45) is 5.92 Å². The summed E-state index contributed by atoms with van der Waals surface area (Å²) in [5, 5.41) is 32.6. The first kappa shape index (κ1) is 22.7. The van der Waals surface area contributed by atoms with Gasteiger partial charge in [0.25, 0.3) is 0 Å². The summed E-state index contributed by atoms with van der Waals surface area (Å²) in [6.07, 6.45) is -0.821. The van der Waals surface area contributed by atoms with Gasteiger partial charge < -0.3 is 26.4 Å². The van der Waals surface area contributed by atoms with E-state index in [1.807, 2.05) is 0 Å². The van der Waals surface area contributed by atoms with Crippen LogP contribution in [-0.2, 0) is 22.6 Å². The topological polar surface area (TPSA) is 191 Å². The summed E-state index contributed by atoms with van der Waals surface area (Å²) >= 11 is 0. The average Bonchev–Trinajstić information content (AvgIpc) is 3.43. The summed E-state index contributed by atoms with van der Waals surface area (Å²) in [6, 6.07) is 3.94. The quantitative estimate of drug-likeness (QED) is 0.275. The zero-order chi connectivity index (χ0) is 23.3. The number of hydrogen-bond donors (Lipinski definition) is 6. The number of aromatic amines is 1. The van der Waals surface area contributed by atoms with Crippen LogP contribution in [0.2, 0.25) is 0 Å². The van der Waals surface area contributed by atoms with Gasteiger partial charge in [-0.1, -0.05) is 12.1 Å².